The van der Waals surface area contributed by atoms with E-state index in [1.54, 1.807) is 6.07 Å². The van der Waals surface area contributed by atoms with Crippen LogP contribution in [0.25, 0.3) is 11.3 Å². The molecule has 0 aliphatic heterocycles. The quantitative estimate of drug-likeness (QED) is 0.934. The summed E-state index contributed by atoms with van der Waals surface area (Å²) in [5.74, 6) is 0.106. The van der Waals surface area contributed by atoms with E-state index in [1.807, 2.05) is 6.92 Å². The van der Waals surface area contributed by atoms with Crippen LogP contribution in [0.15, 0.2) is 18.2 Å². The van der Waals surface area contributed by atoms with Crippen molar-refractivity contribution in [3.63, 3.8) is 0 Å². The number of nitriles is 1. The Bertz CT molecular complexity index is 772. The number of aromatic amines is 1. The molecule has 0 spiro atoms. The molecular weight excluding hydrogens is 309 g/mol. The molecule has 0 amide bonds. The summed E-state index contributed by atoms with van der Waals surface area (Å²) in [6, 6.07) is 5.13. The van der Waals surface area contributed by atoms with E-state index >= 15 is 0 Å². The van der Waals surface area contributed by atoms with Crippen LogP contribution in [0.3, 0.4) is 0 Å². The zero-order valence-electron chi connectivity index (χ0n) is 12.2. The molecule has 1 N–H and O–H groups in total. The third-order valence-electron chi connectivity index (χ3n) is 3.85. The predicted molar refractivity (Wildman–Crippen MR) is 74.4 cm³/mol. The fourth-order valence-electron chi connectivity index (χ4n) is 2.11. The van der Waals surface area contributed by atoms with Crippen LogP contribution in [-0.4, -0.2) is 22.0 Å². The summed E-state index contributed by atoms with van der Waals surface area (Å²) in [5.41, 5.74) is -0.662. The van der Waals surface area contributed by atoms with Crippen LogP contribution in [-0.2, 0) is 6.18 Å². The first kappa shape index (κ1) is 15.3. The highest BCUT2D eigenvalue weighted by Gasteiger charge is 2.38. The van der Waals surface area contributed by atoms with Crippen molar-refractivity contribution in [1.82, 2.24) is 15.4 Å². The summed E-state index contributed by atoms with van der Waals surface area (Å²) in [6.07, 6.45) is -2.52. The largest absolute Gasteiger partial charge is 0.493 e. The van der Waals surface area contributed by atoms with E-state index in [1.165, 1.54) is 6.07 Å². The number of nitrogens with zero attached hydrogens (tertiary/aromatic N) is 3. The van der Waals surface area contributed by atoms with E-state index in [0.717, 1.165) is 25.0 Å². The maximum absolute atomic E-state index is 13.1. The molecule has 1 aliphatic carbocycles. The number of alkyl halides is 3. The Morgan fingerprint density at radius 3 is 2.65 bits per heavy atom. The van der Waals surface area contributed by atoms with Gasteiger partial charge in [-0.25, -0.2) is 0 Å². The topological polar surface area (TPSA) is 74.6 Å². The van der Waals surface area contributed by atoms with Crippen LogP contribution in [0.2, 0.25) is 0 Å². The molecule has 120 valence electrons. The minimum absolute atomic E-state index is 0.0418. The normalized spacial score (nSPS) is 16.0. The number of H-pyrrole nitrogens is 1. The summed E-state index contributed by atoms with van der Waals surface area (Å²) >= 11 is 0. The van der Waals surface area contributed by atoms with Crippen LogP contribution < -0.4 is 4.74 Å². The molecule has 1 aromatic carbocycles. The van der Waals surface area contributed by atoms with E-state index in [4.69, 9.17) is 10.00 Å². The number of rotatable bonds is 4. The van der Waals surface area contributed by atoms with Gasteiger partial charge in [0, 0.05) is 11.0 Å². The molecule has 1 saturated carbocycles. The van der Waals surface area contributed by atoms with Crippen molar-refractivity contribution < 1.29 is 17.9 Å². The van der Waals surface area contributed by atoms with Gasteiger partial charge in [0.05, 0.1) is 12.2 Å². The molecule has 8 heteroatoms. The molecular formula is C15H13F3N4O. The zero-order chi connectivity index (χ0) is 16.7. The maximum Gasteiger partial charge on any atom is 0.416 e. The first-order valence-corrected chi connectivity index (χ1v) is 6.97. The Labute approximate surface area is 130 Å². The third-order valence-corrected chi connectivity index (χ3v) is 3.85. The lowest BCUT2D eigenvalue weighted by Gasteiger charge is -2.14. The number of hydrogen-bond donors (Lipinski definition) is 1. The maximum atomic E-state index is 13.1. The van der Waals surface area contributed by atoms with Crippen molar-refractivity contribution in [1.29, 1.82) is 5.26 Å². The summed E-state index contributed by atoms with van der Waals surface area (Å²) in [6.45, 7) is 2.38. The first-order valence-electron chi connectivity index (χ1n) is 6.97. The number of aromatic nitrogens is 3. The van der Waals surface area contributed by atoms with Gasteiger partial charge in [-0.1, -0.05) is 6.92 Å². The van der Waals surface area contributed by atoms with Gasteiger partial charge >= 0.3 is 6.18 Å². The minimum Gasteiger partial charge on any atom is -0.493 e. The number of hydrogen-bond acceptors (Lipinski definition) is 4. The van der Waals surface area contributed by atoms with Crippen LogP contribution in [0.4, 0.5) is 13.2 Å². The molecule has 1 heterocycles. The van der Waals surface area contributed by atoms with Gasteiger partial charge in [0.1, 0.15) is 17.5 Å². The van der Waals surface area contributed by atoms with E-state index in [9.17, 15) is 13.2 Å². The van der Waals surface area contributed by atoms with E-state index < -0.39 is 11.7 Å². The molecule has 23 heavy (non-hydrogen) atoms. The van der Waals surface area contributed by atoms with Crippen LogP contribution in [0.5, 0.6) is 5.75 Å². The average Bonchev–Trinajstić information content (AvgIpc) is 3.05. The van der Waals surface area contributed by atoms with Crippen LogP contribution in [0.1, 0.15) is 31.0 Å². The van der Waals surface area contributed by atoms with E-state index in [2.05, 4.69) is 15.4 Å². The van der Waals surface area contributed by atoms with Gasteiger partial charge in [-0.15, -0.1) is 5.10 Å². The monoisotopic (exact) mass is 322 g/mol. The van der Waals surface area contributed by atoms with Crippen molar-refractivity contribution in [2.24, 2.45) is 5.41 Å². The highest BCUT2D eigenvalue weighted by atomic mass is 19.4. The second kappa shape index (κ2) is 5.26. The van der Waals surface area contributed by atoms with Gasteiger partial charge in [-0.05, 0) is 31.0 Å². The molecule has 2 aromatic rings. The summed E-state index contributed by atoms with van der Waals surface area (Å²) in [7, 11) is 0. The van der Waals surface area contributed by atoms with Gasteiger partial charge in [0.15, 0.2) is 5.69 Å². The molecule has 0 saturated heterocycles. The molecule has 3 rings (SSSR count). The van der Waals surface area contributed by atoms with Crippen molar-refractivity contribution >= 4 is 0 Å². The van der Waals surface area contributed by atoms with Crippen LogP contribution in [0, 0.1) is 16.7 Å². The molecule has 1 aliphatic rings. The molecule has 1 fully saturated rings. The lowest BCUT2D eigenvalue weighted by atomic mass is 10.1. The van der Waals surface area contributed by atoms with Gasteiger partial charge in [-0.3, -0.25) is 0 Å². The third kappa shape index (κ3) is 3.28. The summed E-state index contributed by atoms with van der Waals surface area (Å²) in [5, 5.41) is 18.6. The van der Waals surface area contributed by atoms with Crippen molar-refractivity contribution in [3.05, 3.63) is 29.5 Å². The Morgan fingerprint density at radius 2 is 2.04 bits per heavy atom. The molecule has 0 radical (unpaired) electrons. The minimum atomic E-state index is -4.52. The Kier molecular flexibility index (Phi) is 3.51. The molecule has 0 atom stereocenters. The Hall–Kier alpha value is -2.56. The van der Waals surface area contributed by atoms with Gasteiger partial charge in [0.2, 0.25) is 0 Å². The Balaban J connectivity index is 1.99. The second-order valence-corrected chi connectivity index (χ2v) is 5.98. The molecule has 0 unspecified atom stereocenters. The average molecular weight is 322 g/mol. The fraction of sp³-hybridized carbons (Fsp3) is 0.400. The number of ether oxygens (including phenoxy) is 1. The molecule has 1 aromatic heterocycles. The smallest absolute Gasteiger partial charge is 0.416 e. The lowest BCUT2D eigenvalue weighted by molar-refractivity contribution is -0.137. The van der Waals surface area contributed by atoms with E-state index in [0.29, 0.717) is 6.61 Å². The summed E-state index contributed by atoms with van der Waals surface area (Å²) in [4.78, 5) is 0. The van der Waals surface area contributed by atoms with Gasteiger partial charge < -0.3 is 4.74 Å². The van der Waals surface area contributed by atoms with Crippen LogP contribution >= 0.6 is 0 Å². The van der Waals surface area contributed by atoms with Crippen molar-refractivity contribution in [3.8, 4) is 23.1 Å². The predicted octanol–water partition coefficient (Wildman–Crippen LogP) is 3.54. The lowest BCUT2D eigenvalue weighted by Crippen LogP contribution is -2.10. The SMILES string of the molecule is CC1(COc2cc(-c3n[nH]nc3C#N)cc(C(F)(F)F)c2)CC1. The van der Waals surface area contributed by atoms with Gasteiger partial charge in [0.25, 0.3) is 0 Å². The number of benzene rings is 1. The van der Waals surface area contributed by atoms with Crippen molar-refractivity contribution in [2.75, 3.05) is 6.61 Å². The summed E-state index contributed by atoms with van der Waals surface area (Å²) < 4.78 is 44.8. The first-order chi connectivity index (χ1) is 10.8. The standard InChI is InChI=1S/C15H13F3N4O/c1-14(2-3-14)8-23-11-5-9(4-10(6-11)15(16,17)18)13-12(7-19)20-22-21-13/h4-6H,2-3,8H2,1H3,(H,20,21,22). The van der Waals surface area contributed by atoms with E-state index in [-0.39, 0.29) is 28.1 Å². The second-order valence-electron chi connectivity index (χ2n) is 5.98. The zero-order valence-corrected chi connectivity index (χ0v) is 12.2. The van der Waals surface area contributed by atoms with Gasteiger partial charge in [-0.2, -0.15) is 28.7 Å². The highest BCUT2D eigenvalue weighted by Crippen LogP contribution is 2.45. The fourth-order valence-corrected chi connectivity index (χ4v) is 2.11. The Morgan fingerprint density at radius 1 is 1.30 bits per heavy atom. The highest BCUT2D eigenvalue weighted by molar-refractivity contribution is 5.67. The number of halogens is 3. The van der Waals surface area contributed by atoms with Crippen molar-refractivity contribution in [2.45, 2.75) is 25.9 Å². The molecule has 0 bridgehead atoms. The number of nitrogens with one attached hydrogen (secondary N) is 1. The molecule has 5 nitrogen and oxygen atoms in total.